The predicted molar refractivity (Wildman–Crippen MR) is 97.7 cm³/mol. The highest BCUT2D eigenvalue weighted by molar-refractivity contribution is 6.31. The van der Waals surface area contributed by atoms with Gasteiger partial charge in [-0.2, -0.15) is 0 Å². The van der Waals surface area contributed by atoms with E-state index in [-0.39, 0.29) is 13.4 Å². The van der Waals surface area contributed by atoms with E-state index in [4.69, 9.17) is 42.1 Å². The SMILES string of the molecule is CC(C)(Oc1ccc(Cl)cc1)C(=O)OCc1cc(Cl)cc2c1OCOC2. The topological polar surface area (TPSA) is 54.0 Å². The van der Waals surface area contributed by atoms with Crippen molar-refractivity contribution in [3.63, 3.8) is 0 Å². The van der Waals surface area contributed by atoms with Crippen LogP contribution >= 0.6 is 23.2 Å². The predicted octanol–water partition coefficient (Wildman–Crippen LogP) is 4.76. The lowest BCUT2D eigenvalue weighted by atomic mass is 10.1. The van der Waals surface area contributed by atoms with Gasteiger partial charge in [-0.3, -0.25) is 0 Å². The van der Waals surface area contributed by atoms with Crippen LogP contribution in [0.1, 0.15) is 25.0 Å². The minimum atomic E-state index is -1.17. The van der Waals surface area contributed by atoms with Crippen LogP contribution in [0, 0.1) is 0 Å². The molecule has 0 unspecified atom stereocenters. The molecule has 0 spiro atoms. The number of fused-ring (bicyclic) bond motifs is 1. The molecule has 3 rings (SSSR count). The van der Waals surface area contributed by atoms with Crippen LogP contribution in [0.2, 0.25) is 10.0 Å². The molecule has 0 aromatic heterocycles. The Morgan fingerprint density at radius 3 is 2.62 bits per heavy atom. The minimum absolute atomic E-state index is 0.0230. The highest BCUT2D eigenvalue weighted by atomic mass is 35.5. The number of hydrogen-bond acceptors (Lipinski definition) is 5. The molecule has 2 aromatic carbocycles. The van der Waals surface area contributed by atoms with Crippen LogP contribution in [0.5, 0.6) is 11.5 Å². The average molecular weight is 397 g/mol. The molecule has 0 saturated carbocycles. The van der Waals surface area contributed by atoms with Crippen LogP contribution < -0.4 is 9.47 Å². The summed E-state index contributed by atoms with van der Waals surface area (Å²) in [7, 11) is 0. The number of benzene rings is 2. The largest absolute Gasteiger partial charge is 0.476 e. The van der Waals surface area contributed by atoms with Crippen molar-refractivity contribution < 1.29 is 23.7 Å². The van der Waals surface area contributed by atoms with Gasteiger partial charge in [0.15, 0.2) is 12.4 Å². The molecular formula is C19H18Cl2O5. The standard InChI is InChI=1S/C19H18Cl2O5/c1-19(2,26-16-5-3-14(20)4-6-16)18(22)24-10-13-8-15(21)7-12-9-23-11-25-17(12)13/h3-8H,9-11H2,1-2H3. The molecule has 26 heavy (non-hydrogen) atoms. The number of ether oxygens (including phenoxy) is 4. The first-order valence-electron chi connectivity index (χ1n) is 7.99. The lowest BCUT2D eigenvalue weighted by Crippen LogP contribution is -2.39. The van der Waals surface area contributed by atoms with Crippen LogP contribution in [0.15, 0.2) is 36.4 Å². The molecule has 0 bridgehead atoms. The molecular weight excluding hydrogens is 379 g/mol. The molecule has 2 aromatic rings. The highest BCUT2D eigenvalue weighted by Crippen LogP contribution is 2.32. The Balaban J connectivity index is 1.68. The Kier molecular flexibility index (Phi) is 5.61. The van der Waals surface area contributed by atoms with Gasteiger partial charge in [-0.1, -0.05) is 23.2 Å². The van der Waals surface area contributed by atoms with Crippen LogP contribution in [0.3, 0.4) is 0 Å². The first-order chi connectivity index (χ1) is 12.3. The number of halogens is 2. The van der Waals surface area contributed by atoms with Crippen LogP contribution in [-0.2, 0) is 27.5 Å². The number of hydrogen-bond donors (Lipinski definition) is 0. The fourth-order valence-electron chi connectivity index (χ4n) is 2.52. The number of esters is 1. The summed E-state index contributed by atoms with van der Waals surface area (Å²) in [4.78, 5) is 12.5. The maximum atomic E-state index is 12.5. The molecule has 7 heteroatoms. The summed E-state index contributed by atoms with van der Waals surface area (Å²) >= 11 is 12.0. The lowest BCUT2D eigenvalue weighted by molar-refractivity contribution is -0.160. The van der Waals surface area contributed by atoms with Crippen LogP contribution in [0.25, 0.3) is 0 Å². The van der Waals surface area contributed by atoms with Crippen molar-refractivity contribution in [1.82, 2.24) is 0 Å². The van der Waals surface area contributed by atoms with Gasteiger partial charge in [-0.15, -0.1) is 0 Å². The number of carbonyl (C=O) groups excluding carboxylic acids is 1. The van der Waals surface area contributed by atoms with Crippen molar-refractivity contribution in [1.29, 1.82) is 0 Å². The van der Waals surface area contributed by atoms with Gasteiger partial charge in [-0.25, -0.2) is 4.79 Å². The van der Waals surface area contributed by atoms with E-state index in [0.29, 0.717) is 33.7 Å². The van der Waals surface area contributed by atoms with E-state index in [0.717, 1.165) is 5.56 Å². The van der Waals surface area contributed by atoms with Crippen LogP contribution in [-0.4, -0.2) is 18.4 Å². The lowest BCUT2D eigenvalue weighted by Gasteiger charge is -2.25. The second-order valence-electron chi connectivity index (χ2n) is 6.31. The summed E-state index contributed by atoms with van der Waals surface area (Å²) in [5, 5.41) is 1.12. The Labute approximate surface area is 161 Å². The zero-order valence-corrected chi connectivity index (χ0v) is 15.9. The molecule has 1 aliphatic heterocycles. The zero-order chi connectivity index (χ0) is 18.7. The van der Waals surface area contributed by atoms with Crippen molar-refractivity contribution >= 4 is 29.2 Å². The summed E-state index contributed by atoms with van der Waals surface area (Å²) in [6, 6.07) is 10.3. The van der Waals surface area contributed by atoms with E-state index < -0.39 is 11.6 Å². The molecule has 1 aliphatic rings. The molecule has 138 valence electrons. The minimum Gasteiger partial charge on any atom is -0.476 e. The summed E-state index contributed by atoms with van der Waals surface area (Å²) < 4.78 is 21.9. The molecule has 0 saturated heterocycles. The van der Waals surface area contributed by atoms with E-state index in [1.807, 2.05) is 0 Å². The van der Waals surface area contributed by atoms with E-state index in [1.54, 1.807) is 50.2 Å². The third-order valence-corrected chi connectivity index (χ3v) is 4.26. The smallest absolute Gasteiger partial charge is 0.350 e. The molecule has 5 nitrogen and oxygen atoms in total. The number of rotatable bonds is 5. The Hall–Kier alpha value is -1.95. The molecule has 0 fully saturated rings. The quantitative estimate of drug-likeness (QED) is 0.681. The highest BCUT2D eigenvalue weighted by Gasteiger charge is 2.32. The molecule has 1 heterocycles. The van der Waals surface area contributed by atoms with E-state index in [9.17, 15) is 4.79 Å². The molecule has 0 radical (unpaired) electrons. The normalized spacial score (nSPS) is 13.5. The fraction of sp³-hybridized carbons (Fsp3) is 0.316. The summed E-state index contributed by atoms with van der Waals surface area (Å²) in [5.74, 6) is 0.662. The monoisotopic (exact) mass is 396 g/mol. The molecule has 0 atom stereocenters. The van der Waals surface area contributed by atoms with Gasteiger partial charge in [0.05, 0.1) is 6.61 Å². The van der Waals surface area contributed by atoms with Crippen molar-refractivity contribution in [3.05, 3.63) is 57.6 Å². The summed E-state index contributed by atoms with van der Waals surface area (Å²) in [5.41, 5.74) is 0.342. The van der Waals surface area contributed by atoms with Gasteiger partial charge >= 0.3 is 5.97 Å². The van der Waals surface area contributed by atoms with Crippen LogP contribution in [0.4, 0.5) is 0 Å². The second-order valence-corrected chi connectivity index (χ2v) is 7.18. The third kappa shape index (κ3) is 4.41. The van der Waals surface area contributed by atoms with Crippen molar-refractivity contribution in [2.75, 3.05) is 6.79 Å². The van der Waals surface area contributed by atoms with Crippen molar-refractivity contribution in [3.8, 4) is 11.5 Å². The molecule has 0 aliphatic carbocycles. The van der Waals surface area contributed by atoms with Crippen molar-refractivity contribution in [2.45, 2.75) is 32.7 Å². The maximum absolute atomic E-state index is 12.5. The molecule has 0 N–H and O–H groups in total. The van der Waals surface area contributed by atoms with E-state index in [1.165, 1.54) is 0 Å². The van der Waals surface area contributed by atoms with Gasteiger partial charge in [0.25, 0.3) is 0 Å². The van der Waals surface area contributed by atoms with Gasteiger partial charge in [0.1, 0.15) is 18.1 Å². The van der Waals surface area contributed by atoms with Gasteiger partial charge < -0.3 is 18.9 Å². The third-order valence-electron chi connectivity index (χ3n) is 3.79. The summed E-state index contributed by atoms with van der Waals surface area (Å²) in [6.45, 7) is 3.86. The van der Waals surface area contributed by atoms with Gasteiger partial charge in [0, 0.05) is 21.2 Å². The second kappa shape index (κ2) is 7.74. The zero-order valence-electron chi connectivity index (χ0n) is 14.4. The van der Waals surface area contributed by atoms with Crippen molar-refractivity contribution in [2.24, 2.45) is 0 Å². The molecule has 0 amide bonds. The first kappa shape index (κ1) is 18.8. The summed E-state index contributed by atoms with van der Waals surface area (Å²) in [6.07, 6.45) is 0. The fourth-order valence-corrected chi connectivity index (χ4v) is 2.91. The Morgan fingerprint density at radius 2 is 1.88 bits per heavy atom. The van der Waals surface area contributed by atoms with Gasteiger partial charge in [0.2, 0.25) is 0 Å². The number of carbonyl (C=O) groups is 1. The van der Waals surface area contributed by atoms with E-state index >= 15 is 0 Å². The Bertz CT molecular complexity index is 802. The average Bonchev–Trinajstić information content (AvgIpc) is 2.61. The maximum Gasteiger partial charge on any atom is 0.350 e. The van der Waals surface area contributed by atoms with Gasteiger partial charge in [-0.05, 0) is 50.2 Å². The Morgan fingerprint density at radius 1 is 1.15 bits per heavy atom. The first-order valence-corrected chi connectivity index (χ1v) is 8.74. The van der Waals surface area contributed by atoms with E-state index in [2.05, 4.69) is 0 Å².